The molecule has 3 N–H and O–H groups in total. The Morgan fingerprint density at radius 3 is 2.29 bits per heavy atom. The second-order valence-electron chi connectivity index (χ2n) is 0.936. The third kappa shape index (κ3) is 4.95. The summed E-state index contributed by atoms with van der Waals surface area (Å²) >= 11 is 0. The lowest BCUT2D eigenvalue weighted by molar-refractivity contribution is 1.57. The number of hydrogen-bond acceptors (Lipinski definition) is 2. The van der Waals surface area contributed by atoms with Gasteiger partial charge < -0.3 is 11.1 Å². The van der Waals surface area contributed by atoms with Crippen molar-refractivity contribution in [2.75, 3.05) is 0 Å². The summed E-state index contributed by atoms with van der Waals surface area (Å²) in [6, 6.07) is 0. The van der Waals surface area contributed by atoms with E-state index in [0.717, 1.165) is 0 Å². The van der Waals surface area contributed by atoms with Crippen LogP contribution in [0.25, 0.3) is 0 Å². The van der Waals surface area contributed by atoms with Gasteiger partial charge >= 0.3 is 0 Å². The highest BCUT2D eigenvalue weighted by Gasteiger charge is 1.53. The molecule has 38 valence electrons. The standard InChI is InChI=1S/C5H8N2/c6-4-2-1-3-5-7/h1-6H,7H2/b2-1+,5-3-,6-4?. The van der Waals surface area contributed by atoms with Crippen molar-refractivity contribution in [3.63, 3.8) is 0 Å². The van der Waals surface area contributed by atoms with Gasteiger partial charge in [-0.1, -0.05) is 6.08 Å². The molecule has 0 spiro atoms. The van der Waals surface area contributed by atoms with Gasteiger partial charge in [-0.25, -0.2) is 0 Å². The first kappa shape index (κ1) is 5.95. The first-order valence-electron chi connectivity index (χ1n) is 1.96. The van der Waals surface area contributed by atoms with Crippen molar-refractivity contribution in [3.05, 3.63) is 24.4 Å². The van der Waals surface area contributed by atoms with E-state index in [2.05, 4.69) is 0 Å². The van der Waals surface area contributed by atoms with E-state index in [0.29, 0.717) is 0 Å². The zero-order valence-electron chi connectivity index (χ0n) is 3.96. The Labute approximate surface area is 42.8 Å². The van der Waals surface area contributed by atoms with Crippen LogP contribution in [0.1, 0.15) is 0 Å². The van der Waals surface area contributed by atoms with Gasteiger partial charge in [0.1, 0.15) is 0 Å². The van der Waals surface area contributed by atoms with E-state index in [1.807, 2.05) is 0 Å². The third-order valence-electron chi connectivity index (χ3n) is 0.430. The number of hydrogen-bond donors (Lipinski definition) is 2. The molecule has 0 radical (unpaired) electrons. The molecule has 0 rings (SSSR count). The number of nitrogens with two attached hydrogens (primary N) is 1. The van der Waals surface area contributed by atoms with Gasteiger partial charge in [-0.2, -0.15) is 0 Å². The van der Waals surface area contributed by atoms with Crippen LogP contribution < -0.4 is 5.73 Å². The lowest BCUT2D eigenvalue weighted by atomic mass is 10.5. The van der Waals surface area contributed by atoms with E-state index in [9.17, 15) is 0 Å². The monoisotopic (exact) mass is 96.1 g/mol. The van der Waals surface area contributed by atoms with Crippen molar-refractivity contribution in [3.8, 4) is 0 Å². The summed E-state index contributed by atoms with van der Waals surface area (Å²) in [4.78, 5) is 0. The van der Waals surface area contributed by atoms with Gasteiger partial charge in [-0.15, -0.1) is 0 Å². The maximum Gasteiger partial charge on any atom is 0.0177 e. The Morgan fingerprint density at radius 2 is 1.86 bits per heavy atom. The molecule has 0 aliphatic carbocycles. The van der Waals surface area contributed by atoms with Gasteiger partial charge in [0.15, 0.2) is 0 Å². The Kier molecular flexibility index (Phi) is 4.21. The van der Waals surface area contributed by atoms with Gasteiger partial charge in [0.2, 0.25) is 0 Å². The Hall–Kier alpha value is -1.05. The molecular weight excluding hydrogens is 88.1 g/mol. The summed E-state index contributed by atoms with van der Waals surface area (Å²) in [5.41, 5.74) is 4.96. The molecule has 0 aliphatic heterocycles. The fraction of sp³-hybridized carbons (Fsp3) is 0. The van der Waals surface area contributed by atoms with E-state index in [1.165, 1.54) is 12.4 Å². The van der Waals surface area contributed by atoms with Gasteiger partial charge in [-0.05, 0) is 18.4 Å². The predicted octanol–water partition coefficient (Wildman–Crippen LogP) is 0.665. The molecule has 0 aromatic heterocycles. The lowest BCUT2D eigenvalue weighted by Crippen LogP contribution is -1.72. The smallest absolute Gasteiger partial charge is 0.0177 e. The van der Waals surface area contributed by atoms with Crippen LogP contribution in [0.4, 0.5) is 0 Å². The topological polar surface area (TPSA) is 49.9 Å². The molecule has 0 saturated carbocycles. The molecule has 0 aliphatic rings. The molecule has 7 heavy (non-hydrogen) atoms. The highest BCUT2D eigenvalue weighted by molar-refractivity contribution is 5.67. The van der Waals surface area contributed by atoms with Crippen molar-refractivity contribution in [1.82, 2.24) is 0 Å². The molecule has 2 nitrogen and oxygen atoms in total. The SMILES string of the molecule is N=C/C=C/C=C\N. The average Bonchev–Trinajstić information content (AvgIpc) is 1.69. The fourth-order valence-corrected chi connectivity index (χ4v) is 0.184. The van der Waals surface area contributed by atoms with Crippen LogP contribution in [-0.4, -0.2) is 6.21 Å². The molecule has 0 saturated heterocycles. The van der Waals surface area contributed by atoms with Crippen LogP contribution >= 0.6 is 0 Å². The van der Waals surface area contributed by atoms with E-state index < -0.39 is 0 Å². The maximum atomic E-state index is 6.49. The third-order valence-corrected chi connectivity index (χ3v) is 0.430. The molecule has 0 atom stereocenters. The molecule has 0 unspecified atom stereocenters. The first-order valence-corrected chi connectivity index (χ1v) is 1.96. The summed E-state index contributed by atoms with van der Waals surface area (Å²) in [6.07, 6.45) is 7.54. The summed E-state index contributed by atoms with van der Waals surface area (Å²) in [5, 5.41) is 6.49. The van der Waals surface area contributed by atoms with Crippen molar-refractivity contribution in [2.24, 2.45) is 5.73 Å². The van der Waals surface area contributed by atoms with Crippen LogP contribution in [0.5, 0.6) is 0 Å². The van der Waals surface area contributed by atoms with E-state index in [1.54, 1.807) is 18.2 Å². The average molecular weight is 96.1 g/mol. The molecule has 2 heteroatoms. The summed E-state index contributed by atoms with van der Waals surface area (Å²) in [6.45, 7) is 0. The van der Waals surface area contributed by atoms with E-state index in [-0.39, 0.29) is 0 Å². The lowest BCUT2D eigenvalue weighted by Gasteiger charge is -1.65. The minimum atomic E-state index is 1.19. The molecule has 0 fully saturated rings. The zero-order valence-corrected chi connectivity index (χ0v) is 3.96. The predicted molar refractivity (Wildman–Crippen MR) is 31.3 cm³/mol. The normalized spacial score (nSPS) is 10.9. The second kappa shape index (κ2) is 4.95. The highest BCUT2D eigenvalue weighted by Crippen LogP contribution is 1.66. The fourth-order valence-electron chi connectivity index (χ4n) is 0.184. The Balaban J connectivity index is 3.27. The van der Waals surface area contributed by atoms with Crippen LogP contribution in [0, 0.1) is 5.41 Å². The zero-order chi connectivity index (χ0) is 5.54. The first-order chi connectivity index (χ1) is 3.41. The number of allylic oxidation sites excluding steroid dienone is 3. The highest BCUT2D eigenvalue weighted by atomic mass is 14.5. The quantitative estimate of drug-likeness (QED) is 0.385. The summed E-state index contributed by atoms with van der Waals surface area (Å²) in [5.74, 6) is 0. The van der Waals surface area contributed by atoms with Crippen molar-refractivity contribution in [1.29, 1.82) is 5.41 Å². The Morgan fingerprint density at radius 1 is 1.14 bits per heavy atom. The van der Waals surface area contributed by atoms with Gasteiger partial charge in [-0.3, -0.25) is 0 Å². The van der Waals surface area contributed by atoms with Crippen molar-refractivity contribution < 1.29 is 0 Å². The van der Waals surface area contributed by atoms with Crippen LogP contribution in [0.2, 0.25) is 0 Å². The summed E-state index contributed by atoms with van der Waals surface area (Å²) < 4.78 is 0. The molecule has 0 aromatic rings. The van der Waals surface area contributed by atoms with Crippen molar-refractivity contribution in [2.45, 2.75) is 0 Å². The number of nitrogens with one attached hydrogen (secondary N) is 1. The van der Waals surface area contributed by atoms with Crippen LogP contribution in [0.3, 0.4) is 0 Å². The van der Waals surface area contributed by atoms with Crippen molar-refractivity contribution >= 4 is 6.21 Å². The maximum absolute atomic E-state index is 6.49. The van der Waals surface area contributed by atoms with E-state index >= 15 is 0 Å². The van der Waals surface area contributed by atoms with Gasteiger partial charge in [0, 0.05) is 6.21 Å². The summed E-state index contributed by atoms with van der Waals surface area (Å²) in [7, 11) is 0. The minimum absolute atomic E-state index is 1.19. The molecule has 0 heterocycles. The molecule has 0 bridgehead atoms. The molecular formula is C5H8N2. The van der Waals surface area contributed by atoms with Crippen LogP contribution in [0.15, 0.2) is 24.4 Å². The van der Waals surface area contributed by atoms with Crippen LogP contribution in [-0.2, 0) is 0 Å². The number of rotatable bonds is 2. The van der Waals surface area contributed by atoms with E-state index in [4.69, 9.17) is 11.1 Å². The Bertz CT molecular complexity index is 92.3. The molecule has 0 amide bonds. The molecule has 0 aromatic carbocycles. The van der Waals surface area contributed by atoms with Gasteiger partial charge in [0.05, 0.1) is 0 Å². The second-order valence-corrected chi connectivity index (χ2v) is 0.936. The minimum Gasteiger partial charge on any atom is -0.405 e. The van der Waals surface area contributed by atoms with Gasteiger partial charge in [0.25, 0.3) is 0 Å². The largest absolute Gasteiger partial charge is 0.405 e.